The van der Waals surface area contributed by atoms with Gasteiger partial charge in [0.05, 0.1) is 0 Å². The highest BCUT2D eigenvalue weighted by Crippen LogP contribution is 2.14. The van der Waals surface area contributed by atoms with E-state index in [1.54, 1.807) is 0 Å². The Morgan fingerprint density at radius 3 is 2.88 bits per heavy atom. The zero-order chi connectivity index (χ0) is 12.7. The van der Waals surface area contributed by atoms with E-state index in [4.69, 9.17) is 0 Å². The van der Waals surface area contributed by atoms with Crippen LogP contribution in [-0.4, -0.2) is 43.1 Å². The summed E-state index contributed by atoms with van der Waals surface area (Å²) in [6.45, 7) is 7.66. The van der Waals surface area contributed by atoms with E-state index in [0.717, 1.165) is 19.6 Å². The molecule has 98 valence electrons. The fourth-order valence-corrected chi connectivity index (χ4v) is 3.24. The first-order chi connectivity index (χ1) is 8.15. The van der Waals surface area contributed by atoms with Crippen LogP contribution in [0, 0.1) is 6.92 Å². The number of likely N-dealkylation sites (N-methyl/N-ethyl adjacent to an activating group) is 1. The Labute approximate surface area is 114 Å². The van der Waals surface area contributed by atoms with E-state index in [1.807, 2.05) is 23.1 Å². The lowest BCUT2D eigenvalue weighted by molar-refractivity contribution is 0.277. The molecule has 0 fully saturated rings. The second kappa shape index (κ2) is 8.14. The monoisotopic (exact) mass is 272 g/mol. The van der Waals surface area contributed by atoms with Crippen molar-refractivity contribution in [1.82, 2.24) is 10.2 Å². The van der Waals surface area contributed by atoms with Gasteiger partial charge in [-0.2, -0.15) is 11.8 Å². The maximum Gasteiger partial charge on any atom is 0.0302 e. The lowest BCUT2D eigenvalue weighted by Crippen LogP contribution is -2.36. The first kappa shape index (κ1) is 15.0. The molecule has 1 atom stereocenters. The third-order valence-electron chi connectivity index (χ3n) is 3.06. The second-order valence-corrected chi connectivity index (χ2v) is 6.40. The van der Waals surface area contributed by atoms with Crippen LogP contribution in [0.4, 0.5) is 0 Å². The van der Waals surface area contributed by atoms with E-state index in [9.17, 15) is 0 Å². The minimum Gasteiger partial charge on any atom is -0.311 e. The molecular weight excluding hydrogens is 248 g/mol. The molecule has 1 aromatic heterocycles. The van der Waals surface area contributed by atoms with Crippen molar-refractivity contribution in [3.05, 3.63) is 21.9 Å². The largest absolute Gasteiger partial charge is 0.311 e. The summed E-state index contributed by atoms with van der Waals surface area (Å²) < 4.78 is 0. The minimum absolute atomic E-state index is 0.662. The van der Waals surface area contributed by atoms with Crippen LogP contribution in [0.5, 0.6) is 0 Å². The van der Waals surface area contributed by atoms with Crippen molar-refractivity contribution in [1.29, 1.82) is 0 Å². The maximum absolute atomic E-state index is 3.52. The van der Waals surface area contributed by atoms with Gasteiger partial charge in [-0.05, 0) is 44.2 Å². The summed E-state index contributed by atoms with van der Waals surface area (Å²) in [6, 6.07) is 2.85. The van der Waals surface area contributed by atoms with Crippen LogP contribution in [0.1, 0.15) is 17.4 Å². The Morgan fingerprint density at radius 1 is 1.53 bits per heavy atom. The lowest BCUT2D eigenvalue weighted by atomic mass is 10.3. The van der Waals surface area contributed by atoms with Crippen LogP contribution in [0.15, 0.2) is 11.4 Å². The van der Waals surface area contributed by atoms with Crippen LogP contribution >= 0.6 is 23.1 Å². The topological polar surface area (TPSA) is 15.3 Å². The zero-order valence-electron chi connectivity index (χ0n) is 11.3. The number of nitrogens with one attached hydrogen (secondary N) is 1. The third kappa shape index (κ3) is 5.42. The summed E-state index contributed by atoms with van der Waals surface area (Å²) >= 11 is 3.76. The van der Waals surface area contributed by atoms with Gasteiger partial charge in [0, 0.05) is 36.3 Å². The van der Waals surface area contributed by atoms with E-state index >= 15 is 0 Å². The average molecular weight is 272 g/mol. The maximum atomic E-state index is 3.52. The third-order valence-corrected chi connectivity index (χ3v) is 4.89. The van der Waals surface area contributed by atoms with Gasteiger partial charge >= 0.3 is 0 Å². The Kier molecular flexibility index (Phi) is 7.19. The standard InChI is InChI=1S/C13H24N2S2/c1-11-5-8-17-13(11)9-14-6-7-15(3)12(2)10-16-4/h5,8,12,14H,6-7,9-10H2,1-4H3. The number of rotatable bonds is 8. The summed E-state index contributed by atoms with van der Waals surface area (Å²) in [7, 11) is 2.21. The van der Waals surface area contributed by atoms with E-state index < -0.39 is 0 Å². The quantitative estimate of drug-likeness (QED) is 0.733. The van der Waals surface area contributed by atoms with Gasteiger partial charge in [0.25, 0.3) is 0 Å². The molecule has 0 bridgehead atoms. The molecule has 1 aromatic rings. The number of hydrogen-bond acceptors (Lipinski definition) is 4. The van der Waals surface area contributed by atoms with E-state index in [-0.39, 0.29) is 0 Å². The number of nitrogens with zero attached hydrogens (tertiary/aromatic N) is 1. The normalized spacial score (nSPS) is 13.2. The first-order valence-corrected chi connectivity index (χ1v) is 8.35. The Hall–Kier alpha value is -0.0300. The highest BCUT2D eigenvalue weighted by Gasteiger charge is 2.07. The van der Waals surface area contributed by atoms with E-state index in [2.05, 4.69) is 48.8 Å². The molecule has 17 heavy (non-hydrogen) atoms. The van der Waals surface area contributed by atoms with Gasteiger partial charge in [0.15, 0.2) is 0 Å². The van der Waals surface area contributed by atoms with Crippen molar-refractivity contribution >= 4 is 23.1 Å². The summed E-state index contributed by atoms with van der Waals surface area (Å²) in [5.74, 6) is 1.21. The van der Waals surface area contributed by atoms with Crippen molar-refractivity contribution in [2.45, 2.75) is 26.4 Å². The average Bonchev–Trinajstić information content (AvgIpc) is 2.70. The Bertz CT molecular complexity index is 312. The van der Waals surface area contributed by atoms with Crippen molar-refractivity contribution in [3.63, 3.8) is 0 Å². The number of aryl methyl sites for hydroxylation is 1. The summed E-state index contributed by atoms with van der Waals surface area (Å²) in [4.78, 5) is 3.88. The molecule has 0 aliphatic rings. The molecule has 4 heteroatoms. The van der Waals surface area contributed by atoms with Gasteiger partial charge < -0.3 is 10.2 Å². The molecule has 2 nitrogen and oxygen atoms in total. The van der Waals surface area contributed by atoms with Gasteiger partial charge in [-0.1, -0.05) is 0 Å². The van der Waals surface area contributed by atoms with Gasteiger partial charge in [-0.15, -0.1) is 11.3 Å². The molecule has 0 amide bonds. The molecule has 1 rings (SSSR count). The van der Waals surface area contributed by atoms with Crippen molar-refractivity contribution in [3.8, 4) is 0 Å². The molecule has 0 saturated heterocycles. The van der Waals surface area contributed by atoms with Crippen molar-refractivity contribution in [2.75, 3.05) is 32.1 Å². The van der Waals surface area contributed by atoms with Gasteiger partial charge in [0.2, 0.25) is 0 Å². The minimum atomic E-state index is 0.662. The molecule has 0 radical (unpaired) electrons. The summed E-state index contributed by atoms with van der Waals surface area (Å²) in [6.07, 6.45) is 2.17. The number of hydrogen-bond donors (Lipinski definition) is 1. The molecule has 0 aromatic carbocycles. The van der Waals surface area contributed by atoms with Crippen LogP contribution in [0.25, 0.3) is 0 Å². The zero-order valence-corrected chi connectivity index (χ0v) is 13.0. The molecular formula is C13H24N2S2. The smallest absolute Gasteiger partial charge is 0.0302 e. The van der Waals surface area contributed by atoms with Crippen LogP contribution in [0.3, 0.4) is 0 Å². The van der Waals surface area contributed by atoms with E-state index in [1.165, 1.54) is 16.2 Å². The predicted octanol–water partition coefficient (Wildman–Crippen LogP) is 2.83. The second-order valence-electron chi connectivity index (χ2n) is 4.49. The Balaban J connectivity index is 2.14. The molecule has 1 N–H and O–H groups in total. The molecule has 0 aliphatic heterocycles. The first-order valence-electron chi connectivity index (χ1n) is 6.08. The molecule has 0 aliphatic carbocycles. The fourth-order valence-electron chi connectivity index (χ4n) is 1.63. The SMILES string of the molecule is CSCC(C)N(C)CCNCc1sccc1C. The highest BCUT2D eigenvalue weighted by molar-refractivity contribution is 7.98. The highest BCUT2D eigenvalue weighted by atomic mass is 32.2. The predicted molar refractivity (Wildman–Crippen MR) is 81.2 cm³/mol. The summed E-state index contributed by atoms with van der Waals surface area (Å²) in [5.41, 5.74) is 1.41. The van der Waals surface area contributed by atoms with Crippen LogP contribution in [-0.2, 0) is 6.54 Å². The van der Waals surface area contributed by atoms with Crippen LogP contribution in [0.2, 0.25) is 0 Å². The van der Waals surface area contributed by atoms with Gasteiger partial charge in [-0.3, -0.25) is 0 Å². The number of thioether (sulfide) groups is 1. The molecule has 0 spiro atoms. The van der Waals surface area contributed by atoms with Crippen LogP contribution < -0.4 is 5.32 Å². The number of thiophene rings is 1. The van der Waals surface area contributed by atoms with E-state index in [0.29, 0.717) is 6.04 Å². The Morgan fingerprint density at radius 2 is 2.29 bits per heavy atom. The summed E-state index contributed by atoms with van der Waals surface area (Å²) in [5, 5.41) is 5.68. The molecule has 1 heterocycles. The van der Waals surface area contributed by atoms with Crippen molar-refractivity contribution in [2.24, 2.45) is 0 Å². The molecule has 1 unspecified atom stereocenters. The van der Waals surface area contributed by atoms with Gasteiger partial charge in [0.1, 0.15) is 0 Å². The van der Waals surface area contributed by atoms with Crippen molar-refractivity contribution < 1.29 is 0 Å². The fraction of sp³-hybridized carbons (Fsp3) is 0.692. The van der Waals surface area contributed by atoms with Gasteiger partial charge in [-0.25, -0.2) is 0 Å². The lowest BCUT2D eigenvalue weighted by Gasteiger charge is -2.24. The molecule has 0 saturated carbocycles.